The highest BCUT2D eigenvalue weighted by atomic mass is 16.6. The van der Waals surface area contributed by atoms with Crippen molar-refractivity contribution in [1.29, 1.82) is 0 Å². The molecule has 0 saturated heterocycles. The van der Waals surface area contributed by atoms with Crippen molar-refractivity contribution in [3.05, 3.63) is 10.1 Å². The van der Waals surface area contributed by atoms with Gasteiger partial charge in [-0.3, -0.25) is 10.1 Å². The molecule has 1 fully saturated rings. The number of unbranched alkanes of at least 4 members (excludes halogenated alkanes) is 1. The van der Waals surface area contributed by atoms with Gasteiger partial charge in [0.15, 0.2) is 0 Å². The zero-order chi connectivity index (χ0) is 10.6. The second-order valence-electron chi connectivity index (χ2n) is 4.25. The fraction of sp³-hybridized carbons (Fsp3) is 1.00. The predicted molar refractivity (Wildman–Crippen MR) is 53.7 cm³/mol. The minimum Gasteiger partial charge on any atom is -0.383 e. The molecular formula is C10H19NO3. The van der Waals surface area contributed by atoms with Crippen molar-refractivity contribution in [3.8, 4) is 0 Å². The van der Waals surface area contributed by atoms with Crippen molar-refractivity contribution in [2.75, 3.05) is 0 Å². The first-order valence-electron chi connectivity index (χ1n) is 5.46. The fourth-order valence-corrected chi connectivity index (χ4v) is 2.28. The normalized spacial score (nSPS) is 32.9. The van der Waals surface area contributed by atoms with E-state index in [1.807, 2.05) is 6.92 Å². The fourth-order valence-electron chi connectivity index (χ4n) is 2.28. The molecule has 82 valence electrons. The molecule has 0 unspecified atom stereocenters. The molecule has 0 aromatic heterocycles. The van der Waals surface area contributed by atoms with Crippen LogP contribution in [-0.4, -0.2) is 21.7 Å². The van der Waals surface area contributed by atoms with E-state index < -0.39 is 11.6 Å². The second kappa shape index (κ2) is 4.73. The highest BCUT2D eigenvalue weighted by Crippen LogP contribution is 2.34. The van der Waals surface area contributed by atoms with Crippen LogP contribution in [0.5, 0.6) is 0 Å². The van der Waals surface area contributed by atoms with Crippen LogP contribution in [0.1, 0.15) is 51.9 Å². The summed E-state index contributed by atoms with van der Waals surface area (Å²) >= 11 is 0. The Morgan fingerprint density at radius 2 is 2.29 bits per heavy atom. The molecule has 1 saturated carbocycles. The molecule has 4 heteroatoms. The van der Waals surface area contributed by atoms with E-state index in [1.165, 1.54) is 0 Å². The van der Waals surface area contributed by atoms with Crippen molar-refractivity contribution in [1.82, 2.24) is 0 Å². The first-order valence-corrected chi connectivity index (χ1v) is 5.46. The summed E-state index contributed by atoms with van der Waals surface area (Å²) in [6, 6.07) is -0.734. The molecule has 0 aromatic carbocycles. The summed E-state index contributed by atoms with van der Waals surface area (Å²) in [6.45, 7) is 2.04. The molecule has 0 aliphatic heterocycles. The Balaban J connectivity index is 2.64. The lowest BCUT2D eigenvalue weighted by molar-refractivity contribution is -0.550. The standard InChI is InChI=1S/C10H19NO3/c1-2-3-7-10(12)8-5-4-6-9(10)11(13)14/h9,12H,2-8H2,1H3/t9-,10-/m1/s1. The highest BCUT2D eigenvalue weighted by Gasteiger charge is 2.46. The summed E-state index contributed by atoms with van der Waals surface area (Å²) in [6.07, 6.45) is 5.36. The van der Waals surface area contributed by atoms with Gasteiger partial charge in [0, 0.05) is 11.3 Å². The van der Waals surface area contributed by atoms with Crippen LogP contribution in [0.25, 0.3) is 0 Å². The number of hydrogen-bond donors (Lipinski definition) is 1. The molecule has 2 atom stereocenters. The molecule has 0 spiro atoms. The lowest BCUT2D eigenvalue weighted by Crippen LogP contribution is -2.49. The number of nitrogens with zero attached hydrogens (tertiary/aromatic N) is 1. The summed E-state index contributed by atoms with van der Waals surface area (Å²) in [7, 11) is 0. The Morgan fingerprint density at radius 1 is 1.57 bits per heavy atom. The van der Waals surface area contributed by atoms with Crippen molar-refractivity contribution >= 4 is 0 Å². The average Bonchev–Trinajstić information content (AvgIpc) is 2.15. The van der Waals surface area contributed by atoms with Crippen LogP contribution in [0.3, 0.4) is 0 Å². The minimum absolute atomic E-state index is 0.297. The molecule has 1 N–H and O–H groups in total. The molecular weight excluding hydrogens is 182 g/mol. The zero-order valence-corrected chi connectivity index (χ0v) is 8.74. The monoisotopic (exact) mass is 201 g/mol. The van der Waals surface area contributed by atoms with E-state index in [1.54, 1.807) is 0 Å². The Labute approximate surface area is 84.5 Å². The third-order valence-corrected chi connectivity index (χ3v) is 3.18. The van der Waals surface area contributed by atoms with Crippen LogP contribution in [0, 0.1) is 10.1 Å². The van der Waals surface area contributed by atoms with Gasteiger partial charge in [-0.2, -0.15) is 0 Å². The van der Waals surface area contributed by atoms with E-state index in [-0.39, 0.29) is 4.92 Å². The van der Waals surface area contributed by atoms with Crippen molar-refractivity contribution in [2.24, 2.45) is 0 Å². The maximum Gasteiger partial charge on any atom is 0.241 e. The van der Waals surface area contributed by atoms with Gasteiger partial charge in [0.05, 0.1) is 0 Å². The molecule has 0 aromatic rings. The van der Waals surface area contributed by atoms with Crippen LogP contribution in [-0.2, 0) is 0 Å². The molecule has 0 bridgehead atoms. The number of rotatable bonds is 4. The maximum atomic E-state index is 10.8. The number of hydrogen-bond acceptors (Lipinski definition) is 3. The van der Waals surface area contributed by atoms with Crippen LogP contribution < -0.4 is 0 Å². The lowest BCUT2D eigenvalue weighted by Gasteiger charge is -2.34. The van der Waals surface area contributed by atoms with Gasteiger partial charge in [-0.25, -0.2) is 0 Å². The molecule has 1 aliphatic rings. The van der Waals surface area contributed by atoms with Crippen LogP contribution >= 0.6 is 0 Å². The van der Waals surface area contributed by atoms with E-state index in [0.717, 1.165) is 25.7 Å². The van der Waals surface area contributed by atoms with Crippen LogP contribution in [0.4, 0.5) is 0 Å². The minimum atomic E-state index is -1.03. The summed E-state index contributed by atoms with van der Waals surface area (Å²) in [5.74, 6) is 0. The number of aliphatic hydroxyl groups is 1. The maximum absolute atomic E-state index is 10.8. The summed E-state index contributed by atoms with van der Waals surface area (Å²) < 4.78 is 0. The van der Waals surface area contributed by atoms with Crippen LogP contribution in [0.15, 0.2) is 0 Å². The molecule has 1 rings (SSSR count). The smallest absolute Gasteiger partial charge is 0.241 e. The van der Waals surface area contributed by atoms with Gasteiger partial charge in [0.25, 0.3) is 0 Å². The van der Waals surface area contributed by atoms with E-state index in [9.17, 15) is 15.2 Å². The zero-order valence-electron chi connectivity index (χ0n) is 8.74. The van der Waals surface area contributed by atoms with Crippen LogP contribution in [0.2, 0.25) is 0 Å². The predicted octanol–water partition coefficient (Wildman–Crippen LogP) is 2.13. The molecule has 14 heavy (non-hydrogen) atoms. The van der Waals surface area contributed by atoms with Crippen molar-refractivity contribution < 1.29 is 10.0 Å². The van der Waals surface area contributed by atoms with Gasteiger partial charge < -0.3 is 5.11 Å². The average molecular weight is 201 g/mol. The third-order valence-electron chi connectivity index (χ3n) is 3.18. The van der Waals surface area contributed by atoms with Gasteiger partial charge in [0.2, 0.25) is 6.04 Å². The Hall–Kier alpha value is -0.640. The second-order valence-corrected chi connectivity index (χ2v) is 4.25. The summed E-state index contributed by atoms with van der Waals surface area (Å²) in [5, 5.41) is 21.0. The first-order chi connectivity index (χ1) is 6.60. The molecule has 0 amide bonds. The Kier molecular flexibility index (Phi) is 3.86. The highest BCUT2D eigenvalue weighted by molar-refractivity contribution is 4.90. The third kappa shape index (κ3) is 2.44. The van der Waals surface area contributed by atoms with Gasteiger partial charge in [-0.1, -0.05) is 26.2 Å². The molecule has 0 heterocycles. The first kappa shape index (κ1) is 11.4. The molecule has 1 aliphatic carbocycles. The van der Waals surface area contributed by atoms with Gasteiger partial charge in [0.1, 0.15) is 5.60 Å². The van der Waals surface area contributed by atoms with E-state index in [4.69, 9.17) is 0 Å². The summed E-state index contributed by atoms with van der Waals surface area (Å²) in [4.78, 5) is 10.5. The van der Waals surface area contributed by atoms with Gasteiger partial charge in [-0.15, -0.1) is 0 Å². The molecule has 0 radical (unpaired) electrons. The summed E-state index contributed by atoms with van der Waals surface area (Å²) in [5.41, 5.74) is -1.03. The number of nitro groups is 1. The quantitative estimate of drug-likeness (QED) is 0.559. The Morgan fingerprint density at radius 3 is 2.86 bits per heavy atom. The largest absolute Gasteiger partial charge is 0.383 e. The SMILES string of the molecule is CCCC[C@@]1(O)CCCC[C@H]1[N+](=O)[O-]. The van der Waals surface area contributed by atoms with Gasteiger partial charge >= 0.3 is 0 Å². The van der Waals surface area contributed by atoms with Gasteiger partial charge in [-0.05, 0) is 19.3 Å². The Bertz CT molecular complexity index is 208. The van der Waals surface area contributed by atoms with Crippen molar-refractivity contribution in [3.63, 3.8) is 0 Å². The van der Waals surface area contributed by atoms with E-state index in [2.05, 4.69) is 0 Å². The van der Waals surface area contributed by atoms with E-state index >= 15 is 0 Å². The molecule has 4 nitrogen and oxygen atoms in total. The topological polar surface area (TPSA) is 63.4 Å². The lowest BCUT2D eigenvalue weighted by atomic mass is 9.77. The van der Waals surface area contributed by atoms with E-state index in [0.29, 0.717) is 19.3 Å². The van der Waals surface area contributed by atoms with Crippen molar-refractivity contribution in [2.45, 2.75) is 63.5 Å².